The third-order valence-corrected chi connectivity index (χ3v) is 4.63. The van der Waals surface area contributed by atoms with E-state index in [-0.39, 0.29) is 23.0 Å². The normalized spacial score (nSPS) is 13.1. The smallest absolute Gasteiger partial charge is 0.377 e. The molecule has 1 heterocycles. The number of nitrogens with zero attached hydrogens (tertiary/aromatic N) is 5. The average molecular weight is 413 g/mol. The summed E-state index contributed by atoms with van der Waals surface area (Å²) in [6, 6.07) is 8.76. The fraction of sp³-hybridized carbons (Fsp3) is 0.211. The van der Waals surface area contributed by atoms with E-state index in [1.165, 1.54) is 42.3 Å². The van der Waals surface area contributed by atoms with Crippen LogP contribution in [0, 0.1) is 5.82 Å². The number of aromatic carboxylic acids is 1. The molecule has 4 rings (SSSR count). The summed E-state index contributed by atoms with van der Waals surface area (Å²) in [4.78, 5) is 38.5. The third kappa shape index (κ3) is 3.30. The second-order valence-electron chi connectivity index (χ2n) is 6.62. The number of carboxylic acid groups (broad SMARTS) is 1. The molecular formula is C19H16FN5O5. The molecule has 0 unspecified atom stereocenters. The van der Waals surface area contributed by atoms with Crippen LogP contribution in [-0.2, 0) is 0 Å². The summed E-state index contributed by atoms with van der Waals surface area (Å²) in [5.41, 5.74) is -0.941. The van der Waals surface area contributed by atoms with E-state index in [1.54, 1.807) is 6.07 Å². The highest BCUT2D eigenvalue weighted by atomic mass is 19.1. The molecule has 10 nitrogen and oxygen atoms in total. The van der Waals surface area contributed by atoms with E-state index in [0.29, 0.717) is 27.9 Å². The Bertz CT molecular complexity index is 1200. The number of tetrazole rings is 1. The summed E-state index contributed by atoms with van der Waals surface area (Å²) >= 11 is 0. The summed E-state index contributed by atoms with van der Waals surface area (Å²) in [6.07, 6.45) is 1.38. The molecule has 0 bridgehead atoms. The molecule has 0 aliphatic heterocycles. The molecule has 1 fully saturated rings. The van der Waals surface area contributed by atoms with Crippen molar-refractivity contribution in [2.45, 2.75) is 18.9 Å². The minimum Gasteiger partial charge on any atom is -0.494 e. The first-order valence-electron chi connectivity index (χ1n) is 8.97. The monoisotopic (exact) mass is 413 g/mol. The van der Waals surface area contributed by atoms with E-state index < -0.39 is 23.5 Å². The van der Waals surface area contributed by atoms with Gasteiger partial charge in [-0.1, -0.05) is 12.1 Å². The first kappa shape index (κ1) is 19.3. The molecule has 1 amide bonds. The summed E-state index contributed by atoms with van der Waals surface area (Å²) in [7, 11) is 1.31. The number of ether oxygens (including phenoxy) is 1. The molecule has 154 valence electrons. The lowest BCUT2D eigenvalue weighted by Crippen LogP contribution is -2.42. The van der Waals surface area contributed by atoms with Gasteiger partial charge in [0.2, 0.25) is 0 Å². The number of aromatic nitrogens is 4. The quantitative estimate of drug-likeness (QED) is 0.635. The van der Waals surface area contributed by atoms with Crippen molar-refractivity contribution in [1.82, 2.24) is 19.8 Å². The van der Waals surface area contributed by atoms with Crippen LogP contribution in [0.25, 0.3) is 5.69 Å². The number of carbonyl (C=O) groups is 2. The Labute approximate surface area is 168 Å². The maximum atomic E-state index is 14.3. The Morgan fingerprint density at radius 1 is 1.20 bits per heavy atom. The number of anilines is 1. The Morgan fingerprint density at radius 3 is 2.60 bits per heavy atom. The number of hydrogen-bond acceptors (Lipinski definition) is 6. The van der Waals surface area contributed by atoms with Crippen LogP contribution in [-0.4, -0.2) is 50.0 Å². The van der Waals surface area contributed by atoms with Gasteiger partial charge in [0, 0.05) is 11.7 Å². The molecule has 0 radical (unpaired) electrons. The number of hydrogen-bond donors (Lipinski definition) is 1. The van der Waals surface area contributed by atoms with Gasteiger partial charge in [0.1, 0.15) is 11.4 Å². The van der Waals surface area contributed by atoms with Crippen molar-refractivity contribution in [3.8, 4) is 11.4 Å². The lowest BCUT2D eigenvalue weighted by molar-refractivity contribution is 0.0697. The van der Waals surface area contributed by atoms with Gasteiger partial charge in [0.05, 0.1) is 12.7 Å². The standard InChI is InChI=1S/C19H16FN5O5/c1-30-15-7-3-6-14(20)16(15)24-19(29)25(22-21-24)18(28)23(12-8-9-12)13-5-2-4-11(10-13)17(26)27/h2-7,10,12H,8-9H2,1H3,(H,26,27). The Hall–Kier alpha value is -4.02. The molecule has 1 saturated carbocycles. The van der Waals surface area contributed by atoms with E-state index in [4.69, 9.17) is 4.74 Å². The van der Waals surface area contributed by atoms with Gasteiger partial charge in [-0.05, 0) is 53.6 Å². The number of carbonyl (C=O) groups excluding carboxylic acids is 1. The second kappa shape index (κ2) is 7.43. The van der Waals surface area contributed by atoms with Crippen LogP contribution in [0.5, 0.6) is 5.75 Å². The highest BCUT2D eigenvalue weighted by molar-refractivity contribution is 5.96. The second-order valence-corrected chi connectivity index (χ2v) is 6.62. The molecular weight excluding hydrogens is 397 g/mol. The van der Waals surface area contributed by atoms with Gasteiger partial charge in [-0.25, -0.2) is 18.8 Å². The van der Waals surface area contributed by atoms with Crippen molar-refractivity contribution in [2.75, 3.05) is 12.0 Å². The van der Waals surface area contributed by atoms with Crippen LogP contribution in [0.4, 0.5) is 14.9 Å². The van der Waals surface area contributed by atoms with Crippen LogP contribution in [0.15, 0.2) is 47.3 Å². The van der Waals surface area contributed by atoms with Gasteiger partial charge in [0.15, 0.2) is 5.82 Å². The number of benzene rings is 2. The van der Waals surface area contributed by atoms with Gasteiger partial charge in [-0.3, -0.25) is 4.90 Å². The van der Waals surface area contributed by atoms with Gasteiger partial charge in [-0.2, -0.15) is 4.68 Å². The molecule has 1 aliphatic rings. The number of rotatable bonds is 5. The zero-order valence-corrected chi connectivity index (χ0v) is 15.7. The number of para-hydroxylation sites is 1. The van der Waals surface area contributed by atoms with Gasteiger partial charge < -0.3 is 9.84 Å². The van der Waals surface area contributed by atoms with Gasteiger partial charge >= 0.3 is 17.7 Å². The Morgan fingerprint density at radius 2 is 1.93 bits per heavy atom. The Kier molecular flexibility index (Phi) is 4.78. The molecule has 2 aromatic carbocycles. The summed E-state index contributed by atoms with van der Waals surface area (Å²) < 4.78 is 20.6. The SMILES string of the molecule is COc1cccc(F)c1-n1nnn(C(=O)N(c2cccc(C(=O)O)c2)C2CC2)c1=O. The van der Waals surface area contributed by atoms with Crippen LogP contribution < -0.4 is 15.3 Å². The molecule has 1 aromatic heterocycles. The molecule has 1 N–H and O–H groups in total. The van der Waals surface area contributed by atoms with E-state index in [2.05, 4.69) is 10.4 Å². The fourth-order valence-corrected chi connectivity index (χ4v) is 3.07. The molecule has 1 aliphatic carbocycles. The molecule has 0 saturated heterocycles. The maximum absolute atomic E-state index is 14.3. The predicted molar refractivity (Wildman–Crippen MR) is 102 cm³/mol. The number of methoxy groups -OCH3 is 1. The van der Waals surface area contributed by atoms with E-state index in [0.717, 1.165) is 6.07 Å². The molecule has 0 spiro atoms. The highest BCUT2D eigenvalue weighted by Gasteiger charge is 2.36. The van der Waals surface area contributed by atoms with Crippen LogP contribution in [0.2, 0.25) is 0 Å². The number of halogens is 1. The average Bonchev–Trinajstić information content (AvgIpc) is 3.49. The number of amides is 1. The first-order chi connectivity index (χ1) is 14.4. The zero-order valence-electron chi connectivity index (χ0n) is 15.7. The fourth-order valence-electron chi connectivity index (χ4n) is 3.07. The molecule has 0 atom stereocenters. The largest absolute Gasteiger partial charge is 0.494 e. The van der Waals surface area contributed by atoms with Crippen LogP contribution in [0.1, 0.15) is 23.2 Å². The van der Waals surface area contributed by atoms with Crippen molar-refractivity contribution < 1.29 is 23.8 Å². The lowest BCUT2D eigenvalue weighted by Gasteiger charge is -2.21. The first-order valence-corrected chi connectivity index (χ1v) is 8.97. The van der Waals surface area contributed by atoms with Crippen molar-refractivity contribution >= 4 is 17.7 Å². The minimum atomic E-state index is -1.14. The summed E-state index contributed by atoms with van der Waals surface area (Å²) in [5, 5.41) is 16.5. The van der Waals surface area contributed by atoms with Crippen molar-refractivity contribution in [2.24, 2.45) is 0 Å². The van der Waals surface area contributed by atoms with E-state index in [9.17, 15) is 23.9 Å². The summed E-state index contributed by atoms with van der Waals surface area (Å²) in [5.74, 6) is -1.87. The third-order valence-electron chi connectivity index (χ3n) is 4.63. The predicted octanol–water partition coefficient (Wildman–Crippen LogP) is 1.91. The van der Waals surface area contributed by atoms with E-state index >= 15 is 0 Å². The lowest BCUT2D eigenvalue weighted by atomic mass is 10.2. The maximum Gasteiger partial charge on any atom is 0.377 e. The molecule has 3 aromatic rings. The topological polar surface area (TPSA) is 120 Å². The van der Waals surface area contributed by atoms with Gasteiger partial charge in [0.25, 0.3) is 0 Å². The minimum absolute atomic E-state index is 0.00181. The van der Waals surface area contributed by atoms with Gasteiger partial charge in [-0.15, -0.1) is 4.68 Å². The summed E-state index contributed by atoms with van der Waals surface area (Å²) in [6.45, 7) is 0. The van der Waals surface area contributed by atoms with E-state index in [1.807, 2.05) is 0 Å². The molecule has 11 heteroatoms. The zero-order chi connectivity index (χ0) is 21.4. The van der Waals surface area contributed by atoms with Crippen molar-refractivity contribution in [1.29, 1.82) is 0 Å². The number of carboxylic acids is 1. The van der Waals surface area contributed by atoms with Crippen molar-refractivity contribution in [3.05, 3.63) is 64.3 Å². The molecule has 30 heavy (non-hydrogen) atoms. The van der Waals surface area contributed by atoms with Crippen molar-refractivity contribution in [3.63, 3.8) is 0 Å². The highest BCUT2D eigenvalue weighted by Crippen LogP contribution is 2.32. The van der Waals surface area contributed by atoms with Crippen LogP contribution >= 0.6 is 0 Å². The van der Waals surface area contributed by atoms with Crippen LogP contribution in [0.3, 0.4) is 0 Å². The Balaban J connectivity index is 1.76.